The highest BCUT2D eigenvalue weighted by Crippen LogP contribution is 2.17. The second-order valence-electron chi connectivity index (χ2n) is 4.80. The molecule has 0 bridgehead atoms. The number of pyridine rings is 1. The summed E-state index contributed by atoms with van der Waals surface area (Å²) in [5.41, 5.74) is 0.382. The third-order valence-corrected chi connectivity index (χ3v) is 3.30. The lowest BCUT2D eigenvalue weighted by atomic mass is 9.99. The van der Waals surface area contributed by atoms with Gasteiger partial charge in [0.15, 0.2) is 0 Å². The summed E-state index contributed by atoms with van der Waals surface area (Å²) in [6, 6.07) is 2.58. The first-order valence-electron chi connectivity index (χ1n) is 6.46. The first kappa shape index (κ1) is 14.3. The van der Waals surface area contributed by atoms with Crippen molar-refractivity contribution >= 4 is 17.7 Å². The molecule has 7 nitrogen and oxygen atoms in total. The van der Waals surface area contributed by atoms with Gasteiger partial charge in [0.2, 0.25) is 0 Å². The summed E-state index contributed by atoms with van der Waals surface area (Å²) in [7, 11) is 0. The maximum Gasteiger partial charge on any atom is 0.354 e. The lowest BCUT2D eigenvalue weighted by molar-refractivity contribution is 0.0690. The van der Waals surface area contributed by atoms with Crippen LogP contribution in [0.15, 0.2) is 18.3 Å². The van der Waals surface area contributed by atoms with Crippen molar-refractivity contribution in [1.82, 2.24) is 9.88 Å². The Kier molecular flexibility index (Phi) is 4.52. The Labute approximate surface area is 116 Å². The van der Waals surface area contributed by atoms with Crippen molar-refractivity contribution in [3.8, 4) is 0 Å². The second kappa shape index (κ2) is 6.33. The number of anilines is 1. The van der Waals surface area contributed by atoms with E-state index in [1.165, 1.54) is 18.3 Å². The minimum absolute atomic E-state index is 0.0682. The number of aliphatic hydroxyl groups is 1. The van der Waals surface area contributed by atoms with Gasteiger partial charge < -0.3 is 20.4 Å². The highest BCUT2D eigenvalue weighted by atomic mass is 16.4. The molecule has 3 N–H and O–H groups in total. The predicted molar refractivity (Wildman–Crippen MR) is 71.6 cm³/mol. The number of nitrogens with one attached hydrogen (secondary N) is 1. The number of rotatable bonds is 3. The van der Waals surface area contributed by atoms with Gasteiger partial charge in [-0.2, -0.15) is 0 Å². The number of hydrogen-bond donors (Lipinski definition) is 3. The fraction of sp³-hybridized carbons (Fsp3) is 0.462. The van der Waals surface area contributed by atoms with E-state index < -0.39 is 5.97 Å². The number of carbonyl (C=O) groups excluding carboxylic acids is 1. The Balaban J connectivity index is 1.95. The van der Waals surface area contributed by atoms with Gasteiger partial charge in [0.05, 0.1) is 11.9 Å². The zero-order chi connectivity index (χ0) is 14.5. The minimum Gasteiger partial charge on any atom is -0.477 e. The molecule has 2 heterocycles. The lowest BCUT2D eigenvalue weighted by Crippen LogP contribution is -2.43. The van der Waals surface area contributed by atoms with E-state index in [9.17, 15) is 9.59 Å². The monoisotopic (exact) mass is 279 g/mol. The minimum atomic E-state index is -1.11. The van der Waals surface area contributed by atoms with Gasteiger partial charge in [-0.25, -0.2) is 14.6 Å². The first-order chi connectivity index (χ1) is 9.60. The molecule has 1 aliphatic rings. The quantitative estimate of drug-likeness (QED) is 0.766. The molecule has 1 aliphatic heterocycles. The molecule has 1 unspecified atom stereocenters. The number of urea groups is 1. The maximum absolute atomic E-state index is 12.0. The highest BCUT2D eigenvalue weighted by molar-refractivity contribution is 5.90. The average Bonchev–Trinajstić information content (AvgIpc) is 2.47. The summed E-state index contributed by atoms with van der Waals surface area (Å²) in [6.45, 7) is 1.27. The molecule has 0 aromatic carbocycles. The van der Waals surface area contributed by atoms with Crippen LogP contribution in [-0.4, -0.2) is 51.8 Å². The van der Waals surface area contributed by atoms with Crippen molar-refractivity contribution in [1.29, 1.82) is 0 Å². The Morgan fingerprint density at radius 2 is 2.25 bits per heavy atom. The maximum atomic E-state index is 12.0. The Hall–Kier alpha value is -2.15. The number of carbonyl (C=O) groups is 2. The predicted octanol–water partition coefficient (Wildman–Crippen LogP) is 1.02. The van der Waals surface area contributed by atoms with Crippen molar-refractivity contribution in [3.63, 3.8) is 0 Å². The molecule has 1 aromatic rings. The summed E-state index contributed by atoms with van der Waals surface area (Å²) < 4.78 is 0. The Morgan fingerprint density at radius 3 is 2.85 bits per heavy atom. The number of piperidine rings is 1. The van der Waals surface area contributed by atoms with Crippen LogP contribution in [-0.2, 0) is 0 Å². The Morgan fingerprint density at radius 1 is 1.45 bits per heavy atom. The summed E-state index contributed by atoms with van der Waals surface area (Å²) in [4.78, 5) is 28.1. The van der Waals surface area contributed by atoms with Gasteiger partial charge in [0, 0.05) is 19.7 Å². The highest BCUT2D eigenvalue weighted by Gasteiger charge is 2.23. The van der Waals surface area contributed by atoms with E-state index in [0.29, 0.717) is 18.8 Å². The lowest BCUT2D eigenvalue weighted by Gasteiger charge is -2.31. The Bertz CT molecular complexity index is 489. The van der Waals surface area contributed by atoms with Gasteiger partial charge in [-0.1, -0.05) is 0 Å². The zero-order valence-electron chi connectivity index (χ0n) is 11.0. The number of carboxylic acids is 1. The molecular formula is C13H17N3O4. The molecule has 20 heavy (non-hydrogen) atoms. The molecule has 0 saturated carbocycles. The van der Waals surface area contributed by atoms with E-state index >= 15 is 0 Å². The van der Waals surface area contributed by atoms with Crippen molar-refractivity contribution in [2.24, 2.45) is 5.92 Å². The molecule has 1 saturated heterocycles. The third kappa shape index (κ3) is 3.45. The SMILES string of the molecule is O=C(O)c1ccc(NC(=O)N2CCCC(CO)C2)cn1. The van der Waals surface area contributed by atoms with E-state index in [1.54, 1.807) is 4.90 Å². The molecule has 2 rings (SSSR count). The van der Waals surface area contributed by atoms with Crippen LogP contribution in [0.1, 0.15) is 23.3 Å². The normalized spacial score (nSPS) is 18.6. The van der Waals surface area contributed by atoms with E-state index in [1.807, 2.05) is 0 Å². The fourth-order valence-electron chi connectivity index (χ4n) is 2.20. The molecule has 1 aromatic heterocycles. The number of aliphatic hydroxyl groups excluding tert-OH is 1. The van der Waals surface area contributed by atoms with E-state index in [0.717, 1.165) is 12.8 Å². The number of hydrogen-bond acceptors (Lipinski definition) is 4. The van der Waals surface area contributed by atoms with Gasteiger partial charge in [0.25, 0.3) is 0 Å². The molecule has 0 radical (unpaired) electrons. The smallest absolute Gasteiger partial charge is 0.354 e. The number of aromatic carboxylic acids is 1. The molecule has 1 atom stereocenters. The first-order valence-corrected chi connectivity index (χ1v) is 6.46. The average molecular weight is 279 g/mol. The van der Waals surface area contributed by atoms with Gasteiger partial charge in [-0.3, -0.25) is 0 Å². The second-order valence-corrected chi connectivity index (χ2v) is 4.80. The van der Waals surface area contributed by atoms with Crippen LogP contribution in [0.3, 0.4) is 0 Å². The largest absolute Gasteiger partial charge is 0.477 e. The third-order valence-electron chi connectivity index (χ3n) is 3.30. The topological polar surface area (TPSA) is 103 Å². The standard InChI is InChI=1S/C13H17N3O4/c17-8-9-2-1-5-16(7-9)13(20)15-10-3-4-11(12(18)19)14-6-10/h3-4,6,9,17H,1-2,5,7-8H2,(H,15,20)(H,18,19). The van der Waals surface area contributed by atoms with Crippen LogP contribution in [0.5, 0.6) is 0 Å². The van der Waals surface area contributed by atoms with Gasteiger partial charge in [0.1, 0.15) is 5.69 Å². The molecule has 0 spiro atoms. The fourth-order valence-corrected chi connectivity index (χ4v) is 2.20. The molecule has 1 fully saturated rings. The van der Waals surface area contributed by atoms with Crippen molar-refractivity contribution < 1.29 is 19.8 Å². The number of aromatic nitrogens is 1. The van der Waals surface area contributed by atoms with E-state index in [2.05, 4.69) is 10.3 Å². The van der Waals surface area contributed by atoms with Crippen LogP contribution in [0.2, 0.25) is 0 Å². The summed E-state index contributed by atoms with van der Waals surface area (Å²) in [5, 5.41) is 20.5. The van der Waals surface area contributed by atoms with Gasteiger partial charge >= 0.3 is 12.0 Å². The molecule has 0 aliphatic carbocycles. The van der Waals surface area contributed by atoms with Crippen molar-refractivity contribution in [3.05, 3.63) is 24.0 Å². The summed E-state index contributed by atoms with van der Waals surface area (Å²) in [5.74, 6) is -0.980. The van der Waals surface area contributed by atoms with E-state index in [-0.39, 0.29) is 24.2 Å². The van der Waals surface area contributed by atoms with Crippen molar-refractivity contribution in [2.45, 2.75) is 12.8 Å². The number of nitrogens with zero attached hydrogens (tertiary/aromatic N) is 2. The van der Waals surface area contributed by atoms with Crippen molar-refractivity contribution in [2.75, 3.05) is 25.0 Å². The van der Waals surface area contributed by atoms with Gasteiger partial charge in [-0.05, 0) is 30.9 Å². The molecule has 7 heteroatoms. The summed E-state index contributed by atoms with van der Waals surface area (Å²) >= 11 is 0. The zero-order valence-corrected chi connectivity index (χ0v) is 11.0. The van der Waals surface area contributed by atoms with Crippen LogP contribution in [0.25, 0.3) is 0 Å². The van der Waals surface area contributed by atoms with E-state index in [4.69, 9.17) is 10.2 Å². The van der Waals surface area contributed by atoms with Gasteiger partial charge in [-0.15, -0.1) is 0 Å². The number of likely N-dealkylation sites (tertiary alicyclic amines) is 1. The van der Waals surface area contributed by atoms with Crippen LogP contribution in [0.4, 0.5) is 10.5 Å². The molecule has 108 valence electrons. The van der Waals surface area contributed by atoms with Crippen LogP contribution >= 0.6 is 0 Å². The summed E-state index contributed by atoms with van der Waals surface area (Å²) in [6.07, 6.45) is 3.11. The molecule has 2 amide bonds. The van der Waals surface area contributed by atoms with Crippen LogP contribution in [0, 0.1) is 5.92 Å². The number of carboxylic acid groups (broad SMARTS) is 1. The molecular weight excluding hydrogens is 262 g/mol. The van der Waals surface area contributed by atoms with Crippen LogP contribution < -0.4 is 5.32 Å². The number of amides is 2.